The van der Waals surface area contributed by atoms with Gasteiger partial charge in [0.15, 0.2) is 0 Å². The van der Waals surface area contributed by atoms with E-state index < -0.39 is 0 Å². The molecule has 0 aromatic heterocycles. The minimum atomic E-state index is 0.337. The number of hydrogen-bond acceptors (Lipinski definition) is 1. The van der Waals surface area contributed by atoms with Gasteiger partial charge < -0.3 is 5.73 Å². The van der Waals surface area contributed by atoms with Crippen LogP contribution >= 0.6 is 11.6 Å². The first-order valence-electron chi connectivity index (χ1n) is 6.79. The molecule has 1 nitrogen and oxygen atoms in total. The van der Waals surface area contributed by atoms with E-state index >= 15 is 0 Å². The molecule has 2 heteroatoms. The number of hydrogen-bond donors (Lipinski definition) is 1. The third-order valence-electron chi connectivity index (χ3n) is 4.58. The lowest BCUT2D eigenvalue weighted by molar-refractivity contribution is 0.344. The minimum absolute atomic E-state index is 0.337. The van der Waals surface area contributed by atoms with Crippen LogP contribution in [0.2, 0.25) is 5.02 Å². The summed E-state index contributed by atoms with van der Waals surface area (Å²) in [5.74, 6) is 1.35. The molecule has 0 amide bonds. The third kappa shape index (κ3) is 2.11. The average molecular weight is 250 g/mol. The van der Waals surface area contributed by atoms with E-state index in [1.165, 1.54) is 36.8 Å². The Kier molecular flexibility index (Phi) is 3.14. The molecule has 3 rings (SSSR count). The highest BCUT2D eigenvalue weighted by atomic mass is 35.5. The van der Waals surface area contributed by atoms with E-state index in [4.69, 9.17) is 17.3 Å². The van der Waals surface area contributed by atoms with Crippen LogP contribution in [0.5, 0.6) is 0 Å². The number of aryl methyl sites for hydroxylation is 1. The lowest BCUT2D eigenvalue weighted by Crippen LogP contribution is -2.36. The number of halogens is 1. The fourth-order valence-corrected chi connectivity index (χ4v) is 3.94. The Balaban J connectivity index is 1.99. The van der Waals surface area contributed by atoms with Gasteiger partial charge in [0.05, 0.1) is 0 Å². The average Bonchev–Trinajstić information content (AvgIpc) is 2.82. The maximum absolute atomic E-state index is 6.38. The molecule has 2 unspecified atom stereocenters. The summed E-state index contributed by atoms with van der Waals surface area (Å²) in [6.45, 7) is 0. The van der Waals surface area contributed by atoms with Crippen molar-refractivity contribution in [3.8, 4) is 0 Å². The van der Waals surface area contributed by atoms with E-state index in [2.05, 4.69) is 12.1 Å². The van der Waals surface area contributed by atoms with Crippen LogP contribution in [-0.2, 0) is 6.42 Å². The van der Waals surface area contributed by atoms with Crippen LogP contribution in [0.25, 0.3) is 0 Å². The van der Waals surface area contributed by atoms with Gasteiger partial charge in [-0.3, -0.25) is 0 Å². The molecule has 0 bridgehead atoms. The molecule has 0 radical (unpaired) electrons. The zero-order chi connectivity index (χ0) is 11.8. The SMILES string of the molecule is NC1CCc2ccc(Cl)cc2C1C1CCCC1. The van der Waals surface area contributed by atoms with Gasteiger partial charge in [-0.2, -0.15) is 0 Å². The van der Waals surface area contributed by atoms with Crippen molar-refractivity contribution >= 4 is 11.6 Å². The fraction of sp³-hybridized carbons (Fsp3) is 0.600. The van der Waals surface area contributed by atoms with Gasteiger partial charge in [-0.15, -0.1) is 0 Å². The van der Waals surface area contributed by atoms with Gasteiger partial charge in [0, 0.05) is 17.0 Å². The van der Waals surface area contributed by atoms with Gasteiger partial charge in [0.1, 0.15) is 0 Å². The predicted molar refractivity (Wildman–Crippen MR) is 72.4 cm³/mol. The molecule has 0 saturated heterocycles. The molecule has 2 aliphatic carbocycles. The van der Waals surface area contributed by atoms with Crippen molar-refractivity contribution in [1.29, 1.82) is 0 Å². The van der Waals surface area contributed by atoms with Crippen LogP contribution in [0, 0.1) is 5.92 Å². The Morgan fingerprint density at radius 3 is 2.65 bits per heavy atom. The third-order valence-corrected chi connectivity index (χ3v) is 4.82. The second-order valence-corrected chi connectivity index (χ2v) is 6.05. The molecule has 1 saturated carbocycles. The highest BCUT2D eigenvalue weighted by Gasteiger charge is 2.34. The monoisotopic (exact) mass is 249 g/mol. The first kappa shape index (κ1) is 11.6. The van der Waals surface area contributed by atoms with E-state index in [0.29, 0.717) is 12.0 Å². The molecular formula is C15H20ClN. The molecular weight excluding hydrogens is 230 g/mol. The highest BCUT2D eigenvalue weighted by molar-refractivity contribution is 6.30. The molecule has 0 heterocycles. The Bertz CT molecular complexity index is 409. The molecule has 2 N–H and O–H groups in total. The molecule has 92 valence electrons. The van der Waals surface area contributed by atoms with Gasteiger partial charge in [-0.25, -0.2) is 0 Å². The van der Waals surface area contributed by atoms with Crippen molar-refractivity contribution in [2.24, 2.45) is 11.7 Å². The molecule has 17 heavy (non-hydrogen) atoms. The number of benzene rings is 1. The van der Waals surface area contributed by atoms with Crippen LogP contribution in [-0.4, -0.2) is 6.04 Å². The predicted octanol–water partition coefficient (Wildman–Crippen LogP) is 3.89. The summed E-state index contributed by atoms with van der Waals surface area (Å²) in [5, 5.41) is 0.862. The summed E-state index contributed by atoms with van der Waals surface area (Å²) in [6.07, 6.45) is 7.72. The Morgan fingerprint density at radius 1 is 1.12 bits per heavy atom. The van der Waals surface area contributed by atoms with E-state index in [-0.39, 0.29) is 0 Å². The molecule has 1 aromatic rings. The van der Waals surface area contributed by atoms with E-state index in [9.17, 15) is 0 Å². The quantitative estimate of drug-likeness (QED) is 0.803. The largest absolute Gasteiger partial charge is 0.327 e. The molecule has 0 spiro atoms. The van der Waals surface area contributed by atoms with Gasteiger partial charge in [0.2, 0.25) is 0 Å². The number of rotatable bonds is 1. The van der Waals surface area contributed by atoms with E-state index in [1.54, 1.807) is 0 Å². The van der Waals surface area contributed by atoms with E-state index in [0.717, 1.165) is 23.8 Å². The highest BCUT2D eigenvalue weighted by Crippen LogP contribution is 2.44. The Hall–Kier alpha value is -0.530. The van der Waals surface area contributed by atoms with Gasteiger partial charge in [-0.1, -0.05) is 30.5 Å². The van der Waals surface area contributed by atoms with Crippen molar-refractivity contribution < 1.29 is 0 Å². The van der Waals surface area contributed by atoms with Crippen molar-refractivity contribution in [3.63, 3.8) is 0 Å². The normalized spacial score (nSPS) is 29.3. The Morgan fingerprint density at radius 2 is 1.88 bits per heavy atom. The lowest BCUT2D eigenvalue weighted by Gasteiger charge is -2.35. The van der Waals surface area contributed by atoms with Crippen LogP contribution < -0.4 is 5.73 Å². The summed E-state index contributed by atoms with van der Waals surface area (Å²) < 4.78 is 0. The minimum Gasteiger partial charge on any atom is -0.327 e. The molecule has 1 aromatic carbocycles. The summed E-state index contributed by atoms with van der Waals surface area (Å²) in [7, 11) is 0. The number of nitrogens with two attached hydrogens (primary N) is 1. The second kappa shape index (κ2) is 4.62. The summed E-state index contributed by atoms with van der Waals surface area (Å²) >= 11 is 6.16. The van der Waals surface area contributed by atoms with Crippen LogP contribution in [0.3, 0.4) is 0 Å². The topological polar surface area (TPSA) is 26.0 Å². The lowest BCUT2D eigenvalue weighted by atomic mass is 9.72. The first-order chi connectivity index (χ1) is 8.25. The van der Waals surface area contributed by atoms with Crippen molar-refractivity contribution in [2.75, 3.05) is 0 Å². The summed E-state index contributed by atoms with van der Waals surface area (Å²) in [5.41, 5.74) is 9.31. The number of fused-ring (bicyclic) bond motifs is 1. The molecule has 1 fully saturated rings. The molecule has 2 aliphatic rings. The maximum atomic E-state index is 6.38. The van der Waals surface area contributed by atoms with Gasteiger partial charge in [0.25, 0.3) is 0 Å². The van der Waals surface area contributed by atoms with E-state index in [1.807, 2.05) is 6.07 Å². The van der Waals surface area contributed by atoms with Gasteiger partial charge >= 0.3 is 0 Å². The summed E-state index contributed by atoms with van der Waals surface area (Å²) in [6, 6.07) is 6.72. The van der Waals surface area contributed by atoms with Crippen molar-refractivity contribution in [1.82, 2.24) is 0 Å². The van der Waals surface area contributed by atoms with Gasteiger partial charge in [-0.05, 0) is 54.9 Å². The van der Waals surface area contributed by atoms with Crippen LogP contribution in [0.4, 0.5) is 0 Å². The maximum Gasteiger partial charge on any atom is 0.0409 e. The Labute approximate surface area is 108 Å². The zero-order valence-electron chi connectivity index (χ0n) is 10.2. The van der Waals surface area contributed by atoms with Crippen LogP contribution in [0.1, 0.15) is 49.1 Å². The van der Waals surface area contributed by atoms with Crippen molar-refractivity contribution in [3.05, 3.63) is 34.3 Å². The molecule has 2 atom stereocenters. The smallest absolute Gasteiger partial charge is 0.0409 e. The van der Waals surface area contributed by atoms with Crippen molar-refractivity contribution in [2.45, 2.75) is 50.5 Å². The fourth-order valence-electron chi connectivity index (χ4n) is 3.76. The molecule has 0 aliphatic heterocycles. The standard InChI is InChI=1S/C15H20ClN/c16-12-7-5-10-6-8-14(17)15(13(10)9-12)11-3-1-2-4-11/h5,7,9,11,14-15H,1-4,6,8,17H2. The zero-order valence-corrected chi connectivity index (χ0v) is 10.9. The van der Waals surface area contributed by atoms with Crippen LogP contribution in [0.15, 0.2) is 18.2 Å². The summed E-state index contributed by atoms with van der Waals surface area (Å²) in [4.78, 5) is 0. The second-order valence-electron chi connectivity index (χ2n) is 5.62. The first-order valence-corrected chi connectivity index (χ1v) is 7.17.